The summed E-state index contributed by atoms with van der Waals surface area (Å²) in [6.07, 6.45) is 0.931. The fourth-order valence-electron chi connectivity index (χ4n) is 2.10. The quantitative estimate of drug-likeness (QED) is 0.782. The van der Waals surface area contributed by atoms with Crippen LogP contribution in [-0.4, -0.2) is 14.2 Å². The van der Waals surface area contributed by atoms with Crippen LogP contribution in [0, 0.1) is 0 Å². The molecular formula is C14H16O2. The summed E-state index contributed by atoms with van der Waals surface area (Å²) in [5, 5.41) is 2.43. The van der Waals surface area contributed by atoms with E-state index >= 15 is 0 Å². The molecule has 0 N–H and O–H groups in total. The van der Waals surface area contributed by atoms with E-state index in [0.29, 0.717) is 0 Å². The van der Waals surface area contributed by atoms with E-state index in [1.807, 2.05) is 18.2 Å². The minimum Gasteiger partial charge on any atom is -0.493 e. The van der Waals surface area contributed by atoms with Gasteiger partial charge in [-0.1, -0.05) is 31.2 Å². The molecule has 0 aromatic heterocycles. The van der Waals surface area contributed by atoms with Gasteiger partial charge in [0.25, 0.3) is 0 Å². The van der Waals surface area contributed by atoms with Crippen molar-refractivity contribution in [2.24, 2.45) is 0 Å². The zero-order chi connectivity index (χ0) is 11.5. The number of fused-ring (bicyclic) bond motifs is 1. The summed E-state index contributed by atoms with van der Waals surface area (Å²) in [4.78, 5) is 0. The third kappa shape index (κ3) is 1.60. The highest BCUT2D eigenvalue weighted by atomic mass is 16.5. The van der Waals surface area contributed by atoms with Crippen LogP contribution in [-0.2, 0) is 6.42 Å². The van der Waals surface area contributed by atoms with Gasteiger partial charge in [-0.3, -0.25) is 0 Å². The average molecular weight is 216 g/mol. The molecule has 0 saturated carbocycles. The number of aryl methyl sites for hydroxylation is 1. The van der Waals surface area contributed by atoms with Crippen molar-refractivity contribution in [2.45, 2.75) is 13.3 Å². The Morgan fingerprint density at radius 2 is 1.81 bits per heavy atom. The van der Waals surface area contributed by atoms with Crippen molar-refractivity contribution in [3.8, 4) is 11.5 Å². The van der Waals surface area contributed by atoms with Gasteiger partial charge < -0.3 is 9.47 Å². The molecule has 0 fully saturated rings. The maximum Gasteiger partial charge on any atom is 0.164 e. The first-order valence-corrected chi connectivity index (χ1v) is 5.44. The van der Waals surface area contributed by atoms with Crippen LogP contribution in [0.3, 0.4) is 0 Å². The molecule has 0 atom stereocenters. The lowest BCUT2D eigenvalue weighted by molar-refractivity contribution is 0.353. The molecule has 0 heterocycles. The summed E-state index contributed by atoms with van der Waals surface area (Å²) in [5.41, 5.74) is 1.21. The van der Waals surface area contributed by atoms with Gasteiger partial charge in [0, 0.05) is 5.56 Å². The minimum absolute atomic E-state index is 0.804. The van der Waals surface area contributed by atoms with Gasteiger partial charge in [0.2, 0.25) is 0 Å². The van der Waals surface area contributed by atoms with Gasteiger partial charge in [-0.2, -0.15) is 0 Å². The van der Waals surface area contributed by atoms with E-state index in [-0.39, 0.29) is 0 Å². The summed E-state index contributed by atoms with van der Waals surface area (Å²) in [5.74, 6) is 1.65. The van der Waals surface area contributed by atoms with Crippen LogP contribution in [0.5, 0.6) is 11.5 Å². The topological polar surface area (TPSA) is 18.5 Å². The largest absolute Gasteiger partial charge is 0.493 e. The number of methoxy groups -OCH3 is 2. The van der Waals surface area contributed by atoms with Crippen molar-refractivity contribution in [2.75, 3.05) is 14.2 Å². The first-order valence-electron chi connectivity index (χ1n) is 5.44. The molecule has 0 aliphatic rings. The lowest BCUT2D eigenvalue weighted by Crippen LogP contribution is -1.96. The summed E-state index contributed by atoms with van der Waals surface area (Å²) in [7, 11) is 3.36. The highest BCUT2D eigenvalue weighted by Gasteiger charge is 2.12. The normalized spacial score (nSPS) is 10.4. The van der Waals surface area contributed by atoms with Gasteiger partial charge in [0.1, 0.15) is 0 Å². The minimum atomic E-state index is 0.804. The summed E-state index contributed by atoms with van der Waals surface area (Å²) in [6, 6.07) is 10.3. The standard InChI is InChI=1S/C14H16O2/c1-4-11-12-8-6-5-7-10(12)9-13(15-2)14(11)16-3/h5-9H,4H2,1-3H3. The Labute approximate surface area is 95.8 Å². The molecule has 0 bridgehead atoms. The van der Waals surface area contributed by atoms with E-state index in [1.165, 1.54) is 16.3 Å². The SMILES string of the molecule is CCc1c(OC)c(OC)cc2ccccc12. The fraction of sp³-hybridized carbons (Fsp3) is 0.286. The van der Waals surface area contributed by atoms with Crippen LogP contribution >= 0.6 is 0 Å². The third-order valence-corrected chi connectivity index (χ3v) is 2.85. The molecular weight excluding hydrogens is 200 g/mol. The van der Waals surface area contributed by atoms with Gasteiger partial charge in [0.05, 0.1) is 14.2 Å². The zero-order valence-electron chi connectivity index (χ0n) is 9.91. The van der Waals surface area contributed by atoms with Gasteiger partial charge in [-0.25, -0.2) is 0 Å². The number of benzene rings is 2. The number of ether oxygens (including phenoxy) is 2. The molecule has 2 rings (SSSR count). The van der Waals surface area contributed by atoms with Crippen LogP contribution in [0.25, 0.3) is 10.8 Å². The van der Waals surface area contributed by atoms with E-state index < -0.39 is 0 Å². The summed E-state index contributed by atoms with van der Waals surface area (Å²) in [6.45, 7) is 2.13. The van der Waals surface area contributed by atoms with Crippen LogP contribution < -0.4 is 9.47 Å². The molecule has 2 aromatic carbocycles. The highest BCUT2D eigenvalue weighted by Crippen LogP contribution is 2.37. The Morgan fingerprint density at radius 3 is 2.44 bits per heavy atom. The Balaban J connectivity index is 2.82. The Bertz CT molecular complexity index is 503. The number of hydrogen-bond acceptors (Lipinski definition) is 2. The van der Waals surface area contributed by atoms with E-state index in [1.54, 1.807) is 14.2 Å². The van der Waals surface area contributed by atoms with E-state index in [2.05, 4.69) is 19.1 Å². The molecule has 2 nitrogen and oxygen atoms in total. The number of rotatable bonds is 3. The molecule has 84 valence electrons. The van der Waals surface area contributed by atoms with Crippen molar-refractivity contribution < 1.29 is 9.47 Å². The lowest BCUT2D eigenvalue weighted by atomic mass is 10.0. The Kier molecular flexibility index (Phi) is 3.00. The molecule has 0 aliphatic heterocycles. The highest BCUT2D eigenvalue weighted by molar-refractivity contribution is 5.90. The second kappa shape index (κ2) is 4.44. The molecule has 16 heavy (non-hydrogen) atoms. The van der Waals surface area contributed by atoms with E-state index in [0.717, 1.165) is 17.9 Å². The first kappa shape index (κ1) is 10.8. The average Bonchev–Trinajstić information content (AvgIpc) is 2.36. The Morgan fingerprint density at radius 1 is 1.06 bits per heavy atom. The predicted molar refractivity (Wildman–Crippen MR) is 66.4 cm³/mol. The third-order valence-electron chi connectivity index (χ3n) is 2.85. The molecule has 0 radical (unpaired) electrons. The van der Waals surface area contributed by atoms with Crippen molar-refractivity contribution in [1.82, 2.24) is 0 Å². The predicted octanol–water partition coefficient (Wildman–Crippen LogP) is 3.42. The molecule has 0 aliphatic carbocycles. The lowest BCUT2D eigenvalue weighted by Gasteiger charge is -2.14. The van der Waals surface area contributed by atoms with Crippen LogP contribution in [0.4, 0.5) is 0 Å². The van der Waals surface area contributed by atoms with Gasteiger partial charge in [0.15, 0.2) is 11.5 Å². The maximum absolute atomic E-state index is 5.44. The van der Waals surface area contributed by atoms with E-state index in [9.17, 15) is 0 Å². The van der Waals surface area contributed by atoms with Gasteiger partial charge in [-0.15, -0.1) is 0 Å². The molecule has 2 heteroatoms. The maximum atomic E-state index is 5.44. The molecule has 0 unspecified atom stereocenters. The second-order valence-electron chi connectivity index (χ2n) is 3.67. The fourth-order valence-corrected chi connectivity index (χ4v) is 2.10. The monoisotopic (exact) mass is 216 g/mol. The van der Waals surface area contributed by atoms with Crippen molar-refractivity contribution in [1.29, 1.82) is 0 Å². The molecule has 0 amide bonds. The van der Waals surface area contributed by atoms with Crippen molar-refractivity contribution in [3.05, 3.63) is 35.9 Å². The Hall–Kier alpha value is -1.70. The zero-order valence-corrected chi connectivity index (χ0v) is 9.91. The molecule has 0 spiro atoms. The van der Waals surface area contributed by atoms with Crippen LogP contribution in [0.1, 0.15) is 12.5 Å². The van der Waals surface area contributed by atoms with Gasteiger partial charge in [-0.05, 0) is 23.3 Å². The first-order chi connectivity index (χ1) is 7.81. The van der Waals surface area contributed by atoms with Crippen molar-refractivity contribution >= 4 is 10.8 Å². The van der Waals surface area contributed by atoms with Crippen molar-refractivity contribution in [3.63, 3.8) is 0 Å². The van der Waals surface area contributed by atoms with Crippen LogP contribution in [0.2, 0.25) is 0 Å². The molecule has 2 aromatic rings. The van der Waals surface area contributed by atoms with Gasteiger partial charge >= 0.3 is 0 Å². The smallest absolute Gasteiger partial charge is 0.164 e. The summed E-state index contributed by atoms with van der Waals surface area (Å²) < 4.78 is 10.8. The summed E-state index contributed by atoms with van der Waals surface area (Å²) >= 11 is 0. The second-order valence-corrected chi connectivity index (χ2v) is 3.67. The van der Waals surface area contributed by atoms with E-state index in [4.69, 9.17) is 9.47 Å². The van der Waals surface area contributed by atoms with Crippen LogP contribution in [0.15, 0.2) is 30.3 Å². The number of hydrogen-bond donors (Lipinski definition) is 0. The molecule has 0 saturated heterocycles.